The number of hydrogen-bond acceptors (Lipinski definition) is 9. The predicted molar refractivity (Wildman–Crippen MR) is 122 cm³/mol. The first kappa shape index (κ1) is 23.3. The molecule has 1 saturated heterocycles. The molecular formula is C20H28BrN7O3. The van der Waals surface area contributed by atoms with Crippen LogP contribution in [0.15, 0.2) is 29.1 Å². The average molecular weight is 494 g/mol. The Labute approximate surface area is 189 Å². The largest absolute Gasteiger partial charge is 0.382 e. The van der Waals surface area contributed by atoms with Gasteiger partial charge in [-0.05, 0) is 61.7 Å². The fourth-order valence-electron chi connectivity index (χ4n) is 3.32. The van der Waals surface area contributed by atoms with Crippen molar-refractivity contribution >= 4 is 39.2 Å². The lowest BCUT2D eigenvalue weighted by Gasteiger charge is -2.36. The van der Waals surface area contributed by atoms with Crippen LogP contribution in [0.5, 0.6) is 0 Å². The molecule has 168 valence electrons. The Morgan fingerprint density at radius 1 is 1.35 bits per heavy atom. The number of carbonyl (C=O) groups is 1. The van der Waals surface area contributed by atoms with Crippen LogP contribution < -0.4 is 21.3 Å². The molecular weight excluding hydrogens is 466 g/mol. The number of aliphatic hydroxyl groups excluding tert-OH is 1. The minimum atomic E-state index is -1.01. The van der Waals surface area contributed by atoms with Gasteiger partial charge in [0.05, 0.1) is 17.5 Å². The second-order valence-corrected chi connectivity index (χ2v) is 9.07. The molecule has 0 spiro atoms. The standard InChI is InChI=1S/C20H28BrN7O3/c1-20(2,3)31-19(30)25-12-6-9-28(10-7-12)13-5-4-8-23-17(13)27-18(29)15-16(22)24-11-14(21)26-15/h4-5,8,11-12,19,25,30H,6-7,9-10H2,1-3H3,(H2,22,24)(H,23,27,29). The number of aliphatic hydroxyl groups is 1. The van der Waals surface area contributed by atoms with Gasteiger partial charge >= 0.3 is 0 Å². The third-order valence-electron chi connectivity index (χ3n) is 4.68. The molecule has 1 fully saturated rings. The first-order chi connectivity index (χ1) is 14.6. The molecule has 3 heterocycles. The van der Waals surface area contributed by atoms with Crippen molar-refractivity contribution in [2.45, 2.75) is 51.7 Å². The van der Waals surface area contributed by atoms with Crippen molar-refractivity contribution < 1.29 is 14.6 Å². The smallest absolute Gasteiger partial charge is 0.279 e. The summed E-state index contributed by atoms with van der Waals surface area (Å²) >= 11 is 3.20. The van der Waals surface area contributed by atoms with E-state index >= 15 is 0 Å². The number of piperidine rings is 1. The molecule has 0 saturated carbocycles. The van der Waals surface area contributed by atoms with E-state index in [1.165, 1.54) is 6.20 Å². The molecule has 1 aliphatic heterocycles. The van der Waals surface area contributed by atoms with Crippen molar-refractivity contribution in [2.75, 3.05) is 29.0 Å². The maximum absolute atomic E-state index is 12.7. The maximum Gasteiger partial charge on any atom is 0.279 e. The van der Waals surface area contributed by atoms with Crippen LogP contribution in [0.25, 0.3) is 0 Å². The van der Waals surface area contributed by atoms with Gasteiger partial charge in [-0.25, -0.2) is 15.0 Å². The summed E-state index contributed by atoms with van der Waals surface area (Å²) in [6, 6.07) is 3.85. The van der Waals surface area contributed by atoms with E-state index in [2.05, 4.69) is 46.4 Å². The van der Waals surface area contributed by atoms with E-state index in [0.29, 0.717) is 10.4 Å². The summed E-state index contributed by atoms with van der Waals surface area (Å²) in [6.07, 6.45) is 3.64. The second kappa shape index (κ2) is 9.86. The van der Waals surface area contributed by atoms with Gasteiger partial charge < -0.3 is 25.8 Å². The number of nitrogens with one attached hydrogen (secondary N) is 2. The lowest BCUT2D eigenvalue weighted by molar-refractivity contribution is -0.186. The highest BCUT2D eigenvalue weighted by molar-refractivity contribution is 9.10. The first-order valence-electron chi connectivity index (χ1n) is 10.0. The van der Waals surface area contributed by atoms with E-state index in [9.17, 15) is 9.90 Å². The fraction of sp³-hybridized carbons (Fsp3) is 0.500. The number of nitrogens with zero attached hydrogens (tertiary/aromatic N) is 4. The summed E-state index contributed by atoms with van der Waals surface area (Å²) in [5.41, 5.74) is 6.20. The third-order valence-corrected chi connectivity index (χ3v) is 5.07. The SMILES string of the molecule is CC(C)(C)OC(O)NC1CCN(c2cccnc2NC(=O)c2nc(Br)cnc2N)CC1. The topological polar surface area (TPSA) is 139 Å². The van der Waals surface area contributed by atoms with Crippen molar-refractivity contribution in [1.29, 1.82) is 0 Å². The summed E-state index contributed by atoms with van der Waals surface area (Å²) in [6.45, 7) is 7.14. The molecule has 0 radical (unpaired) electrons. The molecule has 11 heteroatoms. The molecule has 31 heavy (non-hydrogen) atoms. The van der Waals surface area contributed by atoms with Crippen LogP contribution in [0, 0.1) is 0 Å². The lowest BCUT2D eigenvalue weighted by atomic mass is 10.0. The van der Waals surface area contributed by atoms with Crippen LogP contribution in [0.1, 0.15) is 44.1 Å². The summed E-state index contributed by atoms with van der Waals surface area (Å²) in [4.78, 5) is 27.2. The van der Waals surface area contributed by atoms with E-state index in [0.717, 1.165) is 31.6 Å². The van der Waals surface area contributed by atoms with Gasteiger partial charge in [0.1, 0.15) is 4.60 Å². The predicted octanol–water partition coefficient (Wildman–Crippen LogP) is 2.12. The van der Waals surface area contributed by atoms with Crippen LogP contribution in [0.3, 0.4) is 0 Å². The minimum absolute atomic E-state index is 0.0294. The van der Waals surface area contributed by atoms with E-state index in [-0.39, 0.29) is 17.6 Å². The van der Waals surface area contributed by atoms with Crippen LogP contribution in [0.2, 0.25) is 0 Å². The average Bonchev–Trinajstić information content (AvgIpc) is 2.69. The van der Waals surface area contributed by atoms with E-state index in [4.69, 9.17) is 10.5 Å². The summed E-state index contributed by atoms with van der Waals surface area (Å²) < 4.78 is 5.94. The van der Waals surface area contributed by atoms with Gasteiger partial charge in [-0.2, -0.15) is 0 Å². The number of pyridine rings is 1. The fourth-order valence-corrected chi connectivity index (χ4v) is 3.60. The monoisotopic (exact) mass is 493 g/mol. The number of carbonyl (C=O) groups excluding carboxylic acids is 1. The summed E-state index contributed by atoms with van der Waals surface area (Å²) in [5, 5.41) is 16.0. The number of amides is 1. The molecule has 1 aliphatic rings. The number of aromatic nitrogens is 3. The Balaban J connectivity index is 1.64. The van der Waals surface area contributed by atoms with Crippen LogP contribution in [0.4, 0.5) is 17.3 Å². The maximum atomic E-state index is 12.7. The van der Waals surface area contributed by atoms with Gasteiger partial charge in [0.25, 0.3) is 5.91 Å². The molecule has 0 aromatic carbocycles. The number of nitrogens with two attached hydrogens (primary N) is 1. The zero-order chi connectivity index (χ0) is 22.6. The lowest BCUT2D eigenvalue weighted by Crippen LogP contribution is -2.48. The number of ether oxygens (including phenoxy) is 1. The normalized spacial score (nSPS) is 16.2. The molecule has 0 aliphatic carbocycles. The Hall–Kier alpha value is -2.34. The Morgan fingerprint density at radius 2 is 2.06 bits per heavy atom. The van der Waals surface area contributed by atoms with Crippen LogP contribution in [-0.4, -0.2) is 57.1 Å². The van der Waals surface area contributed by atoms with Crippen molar-refractivity contribution in [3.8, 4) is 0 Å². The number of nitrogen functional groups attached to an aromatic ring is 1. The molecule has 0 bridgehead atoms. The molecule has 1 atom stereocenters. The van der Waals surface area contributed by atoms with Gasteiger partial charge in [0.15, 0.2) is 17.3 Å². The second-order valence-electron chi connectivity index (χ2n) is 8.26. The summed E-state index contributed by atoms with van der Waals surface area (Å²) in [5.74, 6) is -0.0115. The summed E-state index contributed by atoms with van der Waals surface area (Å²) in [7, 11) is 0. The minimum Gasteiger partial charge on any atom is -0.382 e. The molecule has 3 rings (SSSR count). The molecule has 1 amide bonds. The molecule has 10 nitrogen and oxygen atoms in total. The number of rotatable bonds is 6. The Morgan fingerprint density at radius 3 is 2.74 bits per heavy atom. The quantitative estimate of drug-likeness (QED) is 0.445. The zero-order valence-electron chi connectivity index (χ0n) is 17.8. The van der Waals surface area contributed by atoms with Crippen molar-refractivity contribution in [1.82, 2.24) is 20.3 Å². The van der Waals surface area contributed by atoms with E-state index < -0.39 is 17.9 Å². The van der Waals surface area contributed by atoms with Crippen molar-refractivity contribution in [2.24, 2.45) is 0 Å². The van der Waals surface area contributed by atoms with Gasteiger partial charge in [-0.15, -0.1) is 0 Å². The Bertz CT molecular complexity index is 914. The molecule has 2 aromatic rings. The van der Waals surface area contributed by atoms with E-state index in [1.807, 2.05) is 32.9 Å². The van der Waals surface area contributed by atoms with Crippen molar-refractivity contribution in [3.05, 3.63) is 34.8 Å². The molecule has 2 aromatic heterocycles. The molecule has 1 unspecified atom stereocenters. The molecule has 5 N–H and O–H groups in total. The highest BCUT2D eigenvalue weighted by Crippen LogP contribution is 2.27. The van der Waals surface area contributed by atoms with Gasteiger partial charge in [-0.1, -0.05) is 0 Å². The van der Waals surface area contributed by atoms with Gasteiger partial charge in [0, 0.05) is 25.3 Å². The zero-order valence-corrected chi connectivity index (χ0v) is 19.4. The van der Waals surface area contributed by atoms with Gasteiger partial charge in [0.2, 0.25) is 6.41 Å². The van der Waals surface area contributed by atoms with E-state index in [1.54, 1.807) is 6.20 Å². The van der Waals surface area contributed by atoms with Crippen molar-refractivity contribution in [3.63, 3.8) is 0 Å². The first-order valence-corrected chi connectivity index (χ1v) is 10.8. The highest BCUT2D eigenvalue weighted by atomic mass is 79.9. The van der Waals surface area contributed by atoms with Crippen LogP contribution in [-0.2, 0) is 4.74 Å². The van der Waals surface area contributed by atoms with Crippen LogP contribution >= 0.6 is 15.9 Å². The number of anilines is 3. The number of halogens is 1. The number of hydrogen-bond donors (Lipinski definition) is 4. The Kier molecular flexibility index (Phi) is 7.42. The van der Waals surface area contributed by atoms with Gasteiger partial charge in [-0.3, -0.25) is 10.1 Å². The third kappa shape index (κ3) is 6.57. The highest BCUT2D eigenvalue weighted by Gasteiger charge is 2.25.